The van der Waals surface area contributed by atoms with Crippen LogP contribution >= 0.6 is 11.8 Å². The van der Waals surface area contributed by atoms with Gasteiger partial charge >= 0.3 is 0 Å². The Hall–Kier alpha value is -2.40. The van der Waals surface area contributed by atoms with E-state index in [0.29, 0.717) is 6.54 Å². The summed E-state index contributed by atoms with van der Waals surface area (Å²) in [4.78, 5) is 15.0. The Morgan fingerprint density at radius 2 is 1.88 bits per heavy atom. The summed E-state index contributed by atoms with van der Waals surface area (Å²) in [5, 5.41) is 1.80. The fourth-order valence-corrected chi connectivity index (χ4v) is 2.79. The third-order valence-corrected chi connectivity index (χ3v) is 4.25. The van der Waals surface area contributed by atoms with Crippen molar-refractivity contribution in [2.45, 2.75) is 11.4 Å². The summed E-state index contributed by atoms with van der Waals surface area (Å²) < 4.78 is 10.6. The van der Waals surface area contributed by atoms with E-state index in [4.69, 9.17) is 9.47 Å². The molecule has 0 aliphatic heterocycles. The predicted octanol–water partition coefficient (Wildman–Crippen LogP) is 3.97. The number of rotatable bonds is 7. The summed E-state index contributed by atoms with van der Waals surface area (Å²) in [6.45, 7) is 0.444. The molecule has 0 aliphatic carbocycles. The molecule has 24 heavy (non-hydrogen) atoms. The van der Waals surface area contributed by atoms with Gasteiger partial charge in [0, 0.05) is 30.1 Å². The largest absolute Gasteiger partial charge is 0.497 e. The molecule has 0 atom stereocenters. The second-order valence-electron chi connectivity index (χ2n) is 5.11. The van der Waals surface area contributed by atoms with Gasteiger partial charge in [-0.05, 0) is 35.7 Å². The highest BCUT2D eigenvalue weighted by Gasteiger charge is 2.11. The molecule has 0 N–H and O–H groups in total. The first-order valence-electron chi connectivity index (χ1n) is 7.48. The van der Waals surface area contributed by atoms with E-state index in [9.17, 15) is 4.79 Å². The maximum absolute atomic E-state index is 12.2. The molecule has 0 heterocycles. The number of likely N-dealkylation sites (N-methyl/N-ethyl adjacent to an activating group) is 1. The molecule has 0 aliphatic rings. The first-order valence-corrected chi connectivity index (χ1v) is 8.36. The van der Waals surface area contributed by atoms with Gasteiger partial charge in [0.15, 0.2) is 0 Å². The van der Waals surface area contributed by atoms with Crippen LogP contribution in [-0.2, 0) is 11.3 Å². The van der Waals surface area contributed by atoms with Gasteiger partial charge in [-0.3, -0.25) is 4.79 Å². The monoisotopic (exact) mass is 343 g/mol. The quantitative estimate of drug-likeness (QED) is 0.563. The van der Waals surface area contributed by atoms with Gasteiger partial charge in [-0.1, -0.05) is 30.0 Å². The third-order valence-electron chi connectivity index (χ3n) is 3.43. The lowest BCUT2D eigenvalue weighted by atomic mass is 10.1. The van der Waals surface area contributed by atoms with Gasteiger partial charge in [-0.2, -0.15) is 0 Å². The van der Waals surface area contributed by atoms with Crippen LogP contribution in [0.5, 0.6) is 11.5 Å². The average molecular weight is 343 g/mol. The van der Waals surface area contributed by atoms with Gasteiger partial charge in [0.1, 0.15) is 11.5 Å². The maximum Gasteiger partial charge on any atom is 0.247 e. The van der Waals surface area contributed by atoms with Crippen LogP contribution in [0.4, 0.5) is 0 Å². The number of nitrogens with zero attached hydrogens (tertiary/aromatic N) is 1. The zero-order valence-electron chi connectivity index (χ0n) is 14.1. The van der Waals surface area contributed by atoms with Crippen molar-refractivity contribution in [3.05, 3.63) is 65.6 Å². The molecule has 2 rings (SSSR count). The second-order valence-corrected chi connectivity index (χ2v) is 6.09. The summed E-state index contributed by atoms with van der Waals surface area (Å²) >= 11 is 1.51. The Morgan fingerprint density at radius 1 is 1.12 bits per heavy atom. The molecule has 5 heteroatoms. The summed E-state index contributed by atoms with van der Waals surface area (Å²) in [6, 6.07) is 15.5. The van der Waals surface area contributed by atoms with Gasteiger partial charge in [0.25, 0.3) is 0 Å². The normalized spacial score (nSPS) is 10.6. The van der Waals surface area contributed by atoms with Crippen LogP contribution < -0.4 is 9.47 Å². The number of amides is 1. The minimum atomic E-state index is -0.0664. The van der Waals surface area contributed by atoms with E-state index in [2.05, 4.69) is 0 Å². The lowest BCUT2D eigenvalue weighted by Gasteiger charge is -2.18. The zero-order chi connectivity index (χ0) is 17.4. The Bertz CT molecular complexity index is 701. The van der Waals surface area contributed by atoms with Crippen molar-refractivity contribution in [2.24, 2.45) is 0 Å². The first kappa shape index (κ1) is 17.9. The lowest BCUT2D eigenvalue weighted by molar-refractivity contribution is -0.125. The van der Waals surface area contributed by atoms with Gasteiger partial charge in [0.2, 0.25) is 5.91 Å². The molecule has 0 bridgehead atoms. The Kier molecular flexibility index (Phi) is 6.75. The SMILES string of the molecule is COc1ccc(OC)c(CN(C)C(=O)/C=C\Sc2ccccc2)c1. The Balaban J connectivity index is 1.98. The van der Waals surface area contributed by atoms with Crippen LogP contribution in [0.1, 0.15) is 5.56 Å². The molecule has 0 fully saturated rings. The van der Waals surface area contributed by atoms with E-state index >= 15 is 0 Å². The molecule has 4 nitrogen and oxygen atoms in total. The van der Waals surface area contributed by atoms with Crippen molar-refractivity contribution in [3.63, 3.8) is 0 Å². The molecule has 2 aromatic rings. The molecule has 0 aromatic heterocycles. The van der Waals surface area contributed by atoms with E-state index in [1.54, 1.807) is 37.7 Å². The van der Waals surface area contributed by atoms with Gasteiger partial charge in [-0.25, -0.2) is 0 Å². The van der Waals surface area contributed by atoms with E-state index in [-0.39, 0.29) is 5.91 Å². The van der Waals surface area contributed by atoms with Crippen LogP contribution in [0.3, 0.4) is 0 Å². The molecule has 0 unspecified atom stereocenters. The van der Waals surface area contributed by atoms with Crippen LogP contribution in [-0.4, -0.2) is 32.1 Å². The minimum Gasteiger partial charge on any atom is -0.497 e. The van der Waals surface area contributed by atoms with Crippen molar-refractivity contribution in [1.29, 1.82) is 0 Å². The highest BCUT2D eigenvalue weighted by Crippen LogP contribution is 2.25. The van der Waals surface area contributed by atoms with Crippen LogP contribution in [0, 0.1) is 0 Å². The van der Waals surface area contributed by atoms with E-state index in [1.165, 1.54) is 11.8 Å². The molecule has 0 radical (unpaired) electrons. The number of thioether (sulfide) groups is 1. The summed E-state index contributed by atoms with van der Waals surface area (Å²) in [7, 11) is 4.99. The lowest BCUT2D eigenvalue weighted by Crippen LogP contribution is -2.24. The molecule has 0 saturated carbocycles. The molecule has 0 spiro atoms. The zero-order valence-corrected chi connectivity index (χ0v) is 14.9. The van der Waals surface area contributed by atoms with Gasteiger partial charge in [-0.15, -0.1) is 0 Å². The van der Waals surface area contributed by atoms with Crippen molar-refractivity contribution in [1.82, 2.24) is 4.90 Å². The molecule has 2 aromatic carbocycles. The predicted molar refractivity (Wildman–Crippen MR) is 97.5 cm³/mol. The molecular weight excluding hydrogens is 322 g/mol. The number of methoxy groups -OCH3 is 2. The number of hydrogen-bond acceptors (Lipinski definition) is 4. The van der Waals surface area contributed by atoms with E-state index < -0.39 is 0 Å². The Morgan fingerprint density at radius 3 is 2.54 bits per heavy atom. The van der Waals surface area contributed by atoms with Crippen molar-refractivity contribution >= 4 is 17.7 Å². The maximum atomic E-state index is 12.2. The van der Waals surface area contributed by atoms with Crippen molar-refractivity contribution in [2.75, 3.05) is 21.3 Å². The van der Waals surface area contributed by atoms with Gasteiger partial charge in [0.05, 0.1) is 14.2 Å². The fourth-order valence-electron chi connectivity index (χ4n) is 2.14. The topological polar surface area (TPSA) is 38.8 Å². The average Bonchev–Trinajstić information content (AvgIpc) is 2.62. The Labute approximate surface area is 147 Å². The van der Waals surface area contributed by atoms with Gasteiger partial charge < -0.3 is 14.4 Å². The number of carbonyl (C=O) groups excluding carboxylic acids is 1. The van der Waals surface area contributed by atoms with Crippen LogP contribution in [0.2, 0.25) is 0 Å². The van der Waals surface area contributed by atoms with Crippen molar-refractivity contribution < 1.29 is 14.3 Å². The van der Waals surface area contributed by atoms with E-state index in [1.807, 2.05) is 48.5 Å². The second kappa shape index (κ2) is 9.03. The standard InChI is InChI=1S/C19H21NO3S/c1-20(14-15-13-16(22-2)9-10-18(15)23-3)19(21)11-12-24-17-7-5-4-6-8-17/h4-13H,14H2,1-3H3/b12-11-. The highest BCUT2D eigenvalue weighted by atomic mass is 32.2. The summed E-state index contributed by atoms with van der Waals surface area (Å²) in [5.74, 6) is 1.41. The first-order chi connectivity index (χ1) is 11.6. The molecular formula is C19H21NO3S. The highest BCUT2D eigenvalue weighted by molar-refractivity contribution is 8.02. The fraction of sp³-hybridized carbons (Fsp3) is 0.211. The smallest absolute Gasteiger partial charge is 0.247 e. The number of ether oxygens (including phenoxy) is 2. The molecule has 1 amide bonds. The summed E-state index contributed by atoms with van der Waals surface area (Å²) in [6.07, 6.45) is 1.57. The number of hydrogen-bond donors (Lipinski definition) is 0. The minimum absolute atomic E-state index is 0.0664. The van der Waals surface area contributed by atoms with Crippen molar-refractivity contribution in [3.8, 4) is 11.5 Å². The third kappa shape index (κ3) is 5.06. The number of benzene rings is 2. The van der Waals surface area contributed by atoms with Crippen LogP contribution in [0.15, 0.2) is 64.9 Å². The van der Waals surface area contributed by atoms with Crippen LogP contribution in [0.25, 0.3) is 0 Å². The molecule has 0 saturated heterocycles. The number of carbonyl (C=O) groups is 1. The summed E-state index contributed by atoms with van der Waals surface area (Å²) in [5.41, 5.74) is 0.900. The molecule has 126 valence electrons. The van der Waals surface area contributed by atoms with E-state index in [0.717, 1.165) is 22.0 Å².